The Morgan fingerprint density at radius 3 is 2.63 bits per heavy atom. The number of H-pyrrole nitrogens is 1. The zero-order chi connectivity index (χ0) is 25.1. The molecule has 1 N–H and O–H groups in total. The van der Waals surface area contributed by atoms with Crippen molar-refractivity contribution in [1.82, 2.24) is 34.5 Å². The number of aromatic amines is 1. The molecule has 1 aliphatic heterocycles. The normalized spacial score (nSPS) is 15.9. The molecule has 2 aromatic carbocycles. The molecule has 184 valence electrons. The van der Waals surface area contributed by atoms with Crippen LogP contribution in [0, 0.1) is 0 Å². The van der Waals surface area contributed by atoms with Crippen LogP contribution < -0.4 is 10.0 Å². The van der Waals surface area contributed by atoms with Crippen molar-refractivity contribution >= 4 is 67.0 Å². The van der Waals surface area contributed by atoms with Crippen LogP contribution in [0.2, 0.25) is 0 Å². The topological polar surface area (TPSA) is 126 Å². The SMILES string of the molecule is c1ccc2c(C3=C(c4ccon4)N(c4nsc5ccccc45)N(c4ccsn4)C3c3cn[nH]n3)noc2c1. The van der Waals surface area contributed by atoms with E-state index in [2.05, 4.69) is 42.9 Å². The van der Waals surface area contributed by atoms with Gasteiger partial charge in [-0.1, -0.05) is 34.6 Å². The lowest BCUT2D eigenvalue weighted by atomic mass is 9.96. The van der Waals surface area contributed by atoms with Gasteiger partial charge in [-0.2, -0.15) is 24.2 Å². The lowest BCUT2D eigenvalue weighted by Crippen LogP contribution is -2.40. The number of nitrogens with one attached hydrogen (secondary N) is 1. The summed E-state index contributed by atoms with van der Waals surface area (Å²) in [5, 5.41) is 28.2. The number of nitrogens with zero attached hydrogens (tertiary/aromatic N) is 8. The molecule has 8 rings (SSSR count). The van der Waals surface area contributed by atoms with Crippen LogP contribution in [0.5, 0.6) is 0 Å². The van der Waals surface area contributed by atoms with Gasteiger partial charge in [-0.05, 0) is 53.4 Å². The minimum absolute atomic E-state index is 0.489. The first-order chi connectivity index (χ1) is 18.9. The minimum Gasteiger partial charge on any atom is -0.364 e. The van der Waals surface area contributed by atoms with Gasteiger partial charge in [0.25, 0.3) is 0 Å². The zero-order valence-corrected chi connectivity index (χ0v) is 20.9. The van der Waals surface area contributed by atoms with Crippen LogP contribution in [0.3, 0.4) is 0 Å². The fourth-order valence-corrected chi connectivity index (χ4v) is 6.15. The van der Waals surface area contributed by atoms with Gasteiger partial charge in [0.1, 0.15) is 35.1 Å². The van der Waals surface area contributed by atoms with Gasteiger partial charge in [0.05, 0.1) is 10.9 Å². The van der Waals surface area contributed by atoms with E-state index in [0.29, 0.717) is 28.5 Å². The Kier molecular flexibility index (Phi) is 4.65. The predicted octanol–water partition coefficient (Wildman–Crippen LogP) is 5.55. The molecule has 5 aromatic heterocycles. The molecule has 7 aromatic rings. The van der Waals surface area contributed by atoms with Crippen LogP contribution in [-0.4, -0.2) is 34.5 Å². The Morgan fingerprint density at radius 2 is 1.82 bits per heavy atom. The molecule has 0 fully saturated rings. The lowest BCUT2D eigenvalue weighted by Gasteiger charge is -2.33. The summed E-state index contributed by atoms with van der Waals surface area (Å²) in [6, 6.07) is 19.2. The molecule has 0 radical (unpaired) electrons. The fraction of sp³-hybridized carbons (Fsp3) is 0.0400. The Bertz CT molecular complexity index is 1910. The van der Waals surface area contributed by atoms with E-state index in [4.69, 9.17) is 17.8 Å². The van der Waals surface area contributed by atoms with Gasteiger partial charge in [0.15, 0.2) is 17.2 Å². The van der Waals surface area contributed by atoms with Crippen molar-refractivity contribution in [3.8, 4) is 0 Å². The van der Waals surface area contributed by atoms with Gasteiger partial charge in [0.2, 0.25) is 0 Å². The van der Waals surface area contributed by atoms with Crippen molar-refractivity contribution in [2.45, 2.75) is 6.04 Å². The number of para-hydroxylation sites is 1. The second kappa shape index (κ2) is 8.33. The summed E-state index contributed by atoms with van der Waals surface area (Å²) < 4.78 is 21.8. The smallest absolute Gasteiger partial charge is 0.173 e. The van der Waals surface area contributed by atoms with E-state index >= 15 is 0 Å². The number of benzene rings is 2. The number of hydrazine groups is 1. The van der Waals surface area contributed by atoms with Crippen LogP contribution in [0.15, 0.2) is 87.5 Å². The van der Waals surface area contributed by atoms with Gasteiger partial charge in [-0.3, -0.25) is 0 Å². The zero-order valence-electron chi connectivity index (χ0n) is 19.3. The third-order valence-corrected chi connectivity index (χ3v) is 7.81. The van der Waals surface area contributed by atoms with E-state index in [1.165, 1.54) is 23.1 Å². The number of fused-ring (bicyclic) bond motifs is 2. The summed E-state index contributed by atoms with van der Waals surface area (Å²) in [7, 11) is 0. The second-order valence-electron chi connectivity index (χ2n) is 8.49. The quantitative estimate of drug-likeness (QED) is 0.298. The van der Waals surface area contributed by atoms with Crippen LogP contribution in [0.1, 0.15) is 23.1 Å². The Hall–Kier alpha value is -4.88. The molecular weight excluding hydrogens is 522 g/mol. The molecule has 0 saturated heterocycles. The van der Waals surface area contributed by atoms with Crippen LogP contribution in [0.4, 0.5) is 11.6 Å². The highest BCUT2D eigenvalue weighted by molar-refractivity contribution is 7.13. The molecule has 0 aliphatic carbocycles. The Morgan fingerprint density at radius 1 is 0.921 bits per heavy atom. The molecule has 1 unspecified atom stereocenters. The molecule has 0 amide bonds. The van der Waals surface area contributed by atoms with E-state index in [1.807, 2.05) is 58.9 Å². The highest BCUT2D eigenvalue weighted by atomic mass is 32.1. The summed E-state index contributed by atoms with van der Waals surface area (Å²) in [6.07, 6.45) is 3.25. The summed E-state index contributed by atoms with van der Waals surface area (Å²) in [4.78, 5) is 0. The van der Waals surface area contributed by atoms with Crippen molar-refractivity contribution in [1.29, 1.82) is 0 Å². The molecule has 0 saturated carbocycles. The maximum atomic E-state index is 5.78. The van der Waals surface area contributed by atoms with Gasteiger partial charge in [-0.25, -0.2) is 10.0 Å². The fourth-order valence-electron chi connectivity index (χ4n) is 4.90. The highest BCUT2D eigenvalue weighted by Gasteiger charge is 2.47. The van der Waals surface area contributed by atoms with Crippen molar-refractivity contribution in [3.05, 3.63) is 95.6 Å². The molecule has 0 bridgehead atoms. The summed E-state index contributed by atoms with van der Waals surface area (Å²) in [5.41, 5.74) is 4.15. The van der Waals surface area contributed by atoms with E-state index in [-0.39, 0.29) is 0 Å². The Balaban J connectivity index is 1.51. The van der Waals surface area contributed by atoms with Gasteiger partial charge in [-0.15, -0.1) is 0 Å². The molecule has 1 atom stereocenters. The maximum absolute atomic E-state index is 5.78. The average Bonchev–Trinajstić information content (AvgIpc) is 3.79. The first-order valence-electron chi connectivity index (χ1n) is 11.6. The molecular formula is C25H15N9O2S2. The van der Waals surface area contributed by atoms with Gasteiger partial charge in [0, 0.05) is 27.8 Å². The first kappa shape index (κ1) is 21.2. The monoisotopic (exact) mass is 537 g/mol. The third kappa shape index (κ3) is 3.06. The highest BCUT2D eigenvalue weighted by Crippen LogP contribution is 2.53. The first-order valence-corrected chi connectivity index (χ1v) is 13.2. The van der Waals surface area contributed by atoms with Crippen molar-refractivity contribution in [3.63, 3.8) is 0 Å². The maximum Gasteiger partial charge on any atom is 0.173 e. The molecule has 13 heteroatoms. The average molecular weight is 538 g/mol. The number of aromatic nitrogens is 7. The largest absolute Gasteiger partial charge is 0.364 e. The summed E-state index contributed by atoms with van der Waals surface area (Å²) >= 11 is 2.79. The van der Waals surface area contributed by atoms with Crippen molar-refractivity contribution in [2.24, 2.45) is 0 Å². The molecule has 38 heavy (non-hydrogen) atoms. The number of rotatable bonds is 5. The number of hydrogen-bond donors (Lipinski definition) is 1. The molecule has 11 nitrogen and oxygen atoms in total. The van der Waals surface area contributed by atoms with Gasteiger partial charge < -0.3 is 9.05 Å². The van der Waals surface area contributed by atoms with Crippen molar-refractivity contribution in [2.75, 3.05) is 10.0 Å². The van der Waals surface area contributed by atoms with Crippen molar-refractivity contribution < 1.29 is 9.05 Å². The summed E-state index contributed by atoms with van der Waals surface area (Å²) in [6.45, 7) is 0. The number of anilines is 2. The van der Waals surface area contributed by atoms with Crippen LogP contribution in [-0.2, 0) is 0 Å². The van der Waals surface area contributed by atoms with E-state index in [1.54, 1.807) is 12.5 Å². The predicted molar refractivity (Wildman–Crippen MR) is 143 cm³/mol. The molecule has 6 heterocycles. The van der Waals surface area contributed by atoms with E-state index < -0.39 is 6.04 Å². The van der Waals surface area contributed by atoms with Crippen LogP contribution >= 0.6 is 23.1 Å². The lowest BCUT2D eigenvalue weighted by molar-refractivity contribution is 0.417. The van der Waals surface area contributed by atoms with E-state index in [0.717, 1.165) is 32.6 Å². The van der Waals surface area contributed by atoms with Crippen LogP contribution in [0.25, 0.3) is 32.3 Å². The second-order valence-corrected chi connectivity index (χ2v) is 9.96. The standard InChI is InChI=1S/C25H15N9O2S2/c1-3-7-18-14(5-1)22(29-36-18)21-23(16-9-11-35-28-16)34(25-15-6-2-4-8-19(15)38-31-25)33(20-10-12-37-30-20)24(21)17-13-26-32-27-17/h1-13,24H,(H,26,27,32). The minimum atomic E-state index is -0.489. The molecule has 0 spiro atoms. The Labute approximate surface area is 221 Å². The third-order valence-electron chi connectivity index (χ3n) is 6.45. The number of hydrogen-bond acceptors (Lipinski definition) is 12. The van der Waals surface area contributed by atoms with E-state index in [9.17, 15) is 0 Å². The summed E-state index contributed by atoms with van der Waals surface area (Å²) in [5.74, 6) is 1.44. The van der Waals surface area contributed by atoms with Gasteiger partial charge >= 0.3 is 0 Å². The molecule has 1 aliphatic rings.